The summed E-state index contributed by atoms with van der Waals surface area (Å²) in [6, 6.07) is 7.13. The Morgan fingerprint density at radius 1 is 1.23 bits per heavy atom. The van der Waals surface area contributed by atoms with Gasteiger partial charge in [0.1, 0.15) is 4.90 Å². The zero-order valence-electron chi connectivity index (χ0n) is 15.0. The van der Waals surface area contributed by atoms with Crippen LogP contribution < -0.4 is 4.72 Å². The summed E-state index contributed by atoms with van der Waals surface area (Å²) < 4.78 is 28.8. The van der Waals surface area contributed by atoms with E-state index in [1.165, 1.54) is 18.5 Å². The van der Waals surface area contributed by atoms with Crippen LogP contribution in [0.1, 0.15) is 41.3 Å². The van der Waals surface area contributed by atoms with Crippen LogP contribution in [0.5, 0.6) is 0 Å². The summed E-state index contributed by atoms with van der Waals surface area (Å²) in [5.41, 5.74) is 2.48. The molecular formula is C19H23N3O3S. The summed E-state index contributed by atoms with van der Waals surface area (Å²) in [4.78, 5) is 18.3. The quantitative estimate of drug-likeness (QED) is 0.874. The predicted octanol–water partition coefficient (Wildman–Crippen LogP) is 2.99. The third-order valence-corrected chi connectivity index (χ3v) is 6.05. The number of anilines is 1. The number of hydrogen-bond acceptors (Lipinski definition) is 4. The normalized spacial score (nSPS) is 14.5. The minimum absolute atomic E-state index is 0.0813. The van der Waals surface area contributed by atoms with E-state index in [0.29, 0.717) is 25.2 Å². The number of amides is 1. The minimum atomic E-state index is -3.93. The highest BCUT2D eigenvalue weighted by atomic mass is 32.2. The number of hydrogen-bond donors (Lipinski definition) is 1. The molecule has 2 aromatic rings. The molecule has 6 nitrogen and oxygen atoms in total. The molecule has 1 amide bonds. The second kappa shape index (κ2) is 7.45. The summed E-state index contributed by atoms with van der Waals surface area (Å²) in [5.74, 6) is -0.259. The second-order valence-electron chi connectivity index (χ2n) is 6.44. The number of sulfonamides is 1. The van der Waals surface area contributed by atoms with Crippen molar-refractivity contribution in [2.45, 2.75) is 38.0 Å². The maximum Gasteiger partial charge on any atom is 0.264 e. The molecule has 26 heavy (non-hydrogen) atoms. The number of likely N-dealkylation sites (tertiary alicyclic amines) is 1. The highest BCUT2D eigenvalue weighted by Crippen LogP contribution is 2.26. The van der Waals surface area contributed by atoms with Crippen molar-refractivity contribution >= 4 is 21.6 Å². The number of rotatable bonds is 5. The molecular weight excluding hydrogens is 350 g/mol. The summed E-state index contributed by atoms with van der Waals surface area (Å²) in [5, 5.41) is 0. The largest absolute Gasteiger partial charge is 0.339 e. The first-order valence-corrected chi connectivity index (χ1v) is 10.3. The van der Waals surface area contributed by atoms with Crippen molar-refractivity contribution in [1.82, 2.24) is 9.88 Å². The van der Waals surface area contributed by atoms with E-state index >= 15 is 0 Å². The Hall–Kier alpha value is -2.41. The number of nitrogens with one attached hydrogen (secondary N) is 1. The zero-order chi connectivity index (χ0) is 18.7. The topological polar surface area (TPSA) is 79.4 Å². The first-order chi connectivity index (χ1) is 12.4. The zero-order valence-corrected chi connectivity index (χ0v) is 15.8. The molecule has 0 atom stereocenters. The van der Waals surface area contributed by atoms with Gasteiger partial charge in [0.25, 0.3) is 15.9 Å². The number of nitrogens with zero attached hydrogens (tertiary/aromatic N) is 2. The van der Waals surface area contributed by atoms with Gasteiger partial charge >= 0.3 is 0 Å². The molecule has 7 heteroatoms. The molecule has 0 bridgehead atoms. The van der Waals surface area contributed by atoms with Crippen molar-refractivity contribution in [3.8, 4) is 0 Å². The average Bonchev–Trinajstić information content (AvgIpc) is 3.17. The predicted molar refractivity (Wildman–Crippen MR) is 101 cm³/mol. The monoisotopic (exact) mass is 373 g/mol. The molecule has 1 aromatic heterocycles. The van der Waals surface area contributed by atoms with Gasteiger partial charge < -0.3 is 4.90 Å². The van der Waals surface area contributed by atoms with Gasteiger partial charge in [0.2, 0.25) is 0 Å². The van der Waals surface area contributed by atoms with Gasteiger partial charge in [-0.25, -0.2) is 8.42 Å². The van der Waals surface area contributed by atoms with Gasteiger partial charge in [-0.1, -0.05) is 25.1 Å². The van der Waals surface area contributed by atoms with Crippen LogP contribution in [0.4, 0.5) is 5.69 Å². The highest BCUT2D eigenvalue weighted by molar-refractivity contribution is 7.92. The molecule has 1 saturated heterocycles. The van der Waals surface area contributed by atoms with E-state index in [0.717, 1.165) is 24.0 Å². The lowest BCUT2D eigenvalue weighted by molar-refractivity contribution is 0.0789. The van der Waals surface area contributed by atoms with Crippen LogP contribution >= 0.6 is 0 Å². The minimum Gasteiger partial charge on any atom is -0.339 e. The van der Waals surface area contributed by atoms with Crippen LogP contribution in [0.25, 0.3) is 0 Å². The van der Waals surface area contributed by atoms with E-state index in [-0.39, 0.29) is 16.4 Å². The lowest BCUT2D eigenvalue weighted by atomic mass is 10.1. The Labute approximate surface area is 154 Å². The van der Waals surface area contributed by atoms with E-state index < -0.39 is 10.0 Å². The number of benzene rings is 1. The average molecular weight is 373 g/mol. The van der Waals surface area contributed by atoms with Gasteiger partial charge in [0.05, 0.1) is 11.3 Å². The molecule has 0 spiro atoms. The molecule has 0 unspecified atom stereocenters. The molecule has 1 fully saturated rings. The molecule has 0 saturated carbocycles. The van der Waals surface area contributed by atoms with Gasteiger partial charge in [-0.3, -0.25) is 14.5 Å². The Bertz CT molecular complexity index is 919. The molecule has 1 N–H and O–H groups in total. The third-order valence-electron chi connectivity index (χ3n) is 4.67. The molecule has 138 valence electrons. The third kappa shape index (κ3) is 3.58. The Balaban J connectivity index is 2.00. The lowest BCUT2D eigenvalue weighted by Gasteiger charge is -2.19. The van der Waals surface area contributed by atoms with Crippen molar-refractivity contribution < 1.29 is 13.2 Å². The molecule has 1 aromatic carbocycles. The number of carbonyl (C=O) groups excluding carboxylic acids is 1. The number of carbonyl (C=O) groups is 1. The maximum atomic E-state index is 13.0. The van der Waals surface area contributed by atoms with Gasteiger partial charge in [0, 0.05) is 25.5 Å². The summed E-state index contributed by atoms with van der Waals surface area (Å²) in [7, 11) is -3.93. The first kappa shape index (κ1) is 18.4. The highest BCUT2D eigenvalue weighted by Gasteiger charge is 2.28. The fourth-order valence-electron chi connectivity index (χ4n) is 3.22. The summed E-state index contributed by atoms with van der Waals surface area (Å²) in [6.07, 6.45) is 5.29. The van der Waals surface area contributed by atoms with Crippen molar-refractivity contribution in [2.75, 3.05) is 17.8 Å². The smallest absolute Gasteiger partial charge is 0.264 e. The number of pyridine rings is 1. The number of para-hydroxylation sites is 1. The summed E-state index contributed by atoms with van der Waals surface area (Å²) in [6.45, 7) is 5.15. The van der Waals surface area contributed by atoms with Crippen LogP contribution in [0.3, 0.4) is 0 Å². The molecule has 3 rings (SSSR count). The maximum absolute atomic E-state index is 13.0. The lowest BCUT2D eigenvalue weighted by Crippen LogP contribution is -2.30. The van der Waals surface area contributed by atoms with E-state index in [4.69, 9.17) is 0 Å². The molecule has 2 heterocycles. The van der Waals surface area contributed by atoms with Crippen LogP contribution in [0.15, 0.2) is 41.6 Å². The van der Waals surface area contributed by atoms with E-state index in [9.17, 15) is 13.2 Å². The van der Waals surface area contributed by atoms with Gasteiger partial charge in [0.15, 0.2) is 0 Å². The molecule has 0 radical (unpaired) electrons. The van der Waals surface area contributed by atoms with Crippen LogP contribution in [-0.2, 0) is 16.4 Å². The second-order valence-corrected chi connectivity index (χ2v) is 8.09. The van der Waals surface area contributed by atoms with E-state index in [1.807, 2.05) is 32.0 Å². The van der Waals surface area contributed by atoms with Crippen LogP contribution in [-0.4, -0.2) is 37.3 Å². The number of aromatic nitrogens is 1. The molecule has 1 aliphatic heterocycles. The van der Waals surface area contributed by atoms with Crippen molar-refractivity contribution in [3.05, 3.63) is 53.3 Å². The van der Waals surface area contributed by atoms with Crippen LogP contribution in [0, 0.1) is 6.92 Å². The van der Waals surface area contributed by atoms with Crippen molar-refractivity contribution in [3.63, 3.8) is 0 Å². The Morgan fingerprint density at radius 2 is 1.96 bits per heavy atom. The van der Waals surface area contributed by atoms with Crippen molar-refractivity contribution in [2.24, 2.45) is 0 Å². The first-order valence-electron chi connectivity index (χ1n) is 8.78. The van der Waals surface area contributed by atoms with Gasteiger partial charge in [-0.05, 0) is 43.4 Å². The Kier molecular flexibility index (Phi) is 5.27. The SMILES string of the molecule is CCc1cccc(C)c1NS(=O)(=O)c1cnccc1C(=O)N1CCCC1. The summed E-state index contributed by atoms with van der Waals surface area (Å²) >= 11 is 0. The Morgan fingerprint density at radius 3 is 2.65 bits per heavy atom. The van der Waals surface area contributed by atoms with Gasteiger partial charge in [-0.2, -0.15) is 0 Å². The van der Waals surface area contributed by atoms with Crippen molar-refractivity contribution in [1.29, 1.82) is 0 Å². The molecule has 1 aliphatic rings. The fourth-order valence-corrected chi connectivity index (χ4v) is 4.54. The van der Waals surface area contributed by atoms with Crippen LogP contribution in [0.2, 0.25) is 0 Å². The van der Waals surface area contributed by atoms with E-state index in [1.54, 1.807) is 4.90 Å². The standard InChI is InChI=1S/C19H23N3O3S/c1-3-15-8-6-7-14(2)18(15)21-26(24,25)17-13-20-10-9-16(17)19(23)22-11-4-5-12-22/h6-10,13,21H,3-5,11-12H2,1-2H3. The van der Waals surface area contributed by atoms with E-state index in [2.05, 4.69) is 9.71 Å². The molecule has 0 aliphatic carbocycles. The fraction of sp³-hybridized carbons (Fsp3) is 0.368. The number of aryl methyl sites for hydroxylation is 2. The van der Waals surface area contributed by atoms with Gasteiger partial charge in [-0.15, -0.1) is 0 Å².